The van der Waals surface area contributed by atoms with Gasteiger partial charge in [-0.2, -0.15) is 0 Å². The molecule has 106 valence electrons. The molecular formula is C17H27NO. The summed E-state index contributed by atoms with van der Waals surface area (Å²) in [6, 6.07) is 8.15. The van der Waals surface area contributed by atoms with Gasteiger partial charge in [-0.3, -0.25) is 0 Å². The Kier molecular flexibility index (Phi) is 5.26. The number of hydrogen-bond donors (Lipinski definition) is 2. The van der Waals surface area contributed by atoms with Crippen molar-refractivity contribution in [2.24, 2.45) is 11.8 Å². The largest absolute Gasteiger partial charge is 0.508 e. The molecule has 0 bridgehead atoms. The van der Waals surface area contributed by atoms with Crippen molar-refractivity contribution in [3.8, 4) is 5.75 Å². The normalized spacial score (nSPS) is 24.5. The maximum Gasteiger partial charge on any atom is 0.115 e. The van der Waals surface area contributed by atoms with Crippen LogP contribution in [-0.2, 0) is 6.42 Å². The van der Waals surface area contributed by atoms with Crippen LogP contribution < -0.4 is 5.32 Å². The van der Waals surface area contributed by atoms with Crippen LogP contribution in [0, 0.1) is 11.8 Å². The highest BCUT2D eigenvalue weighted by molar-refractivity contribution is 5.25. The fourth-order valence-electron chi connectivity index (χ4n) is 3.03. The second-order valence-electron chi connectivity index (χ2n) is 6.30. The minimum absolute atomic E-state index is 0.352. The summed E-state index contributed by atoms with van der Waals surface area (Å²) in [6.45, 7) is 5.83. The van der Waals surface area contributed by atoms with Crippen LogP contribution in [-0.4, -0.2) is 17.7 Å². The number of phenolic OH excluding ortho intramolecular Hbond substituents is 1. The fourth-order valence-corrected chi connectivity index (χ4v) is 3.03. The SMILES string of the molecule is CC1CCC(CNC(C)CCc2ccc(O)cc2)C1. The second kappa shape index (κ2) is 6.95. The number of nitrogens with one attached hydrogen (secondary N) is 1. The lowest BCUT2D eigenvalue weighted by Crippen LogP contribution is -2.30. The second-order valence-corrected chi connectivity index (χ2v) is 6.30. The Morgan fingerprint density at radius 1 is 1.26 bits per heavy atom. The van der Waals surface area contributed by atoms with E-state index in [4.69, 9.17) is 0 Å². The summed E-state index contributed by atoms with van der Waals surface area (Å²) in [5, 5.41) is 12.9. The number of rotatable bonds is 6. The molecule has 3 unspecified atom stereocenters. The molecule has 1 fully saturated rings. The number of phenols is 1. The molecule has 0 aliphatic heterocycles. The van der Waals surface area contributed by atoms with Crippen molar-refractivity contribution in [3.05, 3.63) is 29.8 Å². The number of hydrogen-bond acceptors (Lipinski definition) is 2. The highest BCUT2D eigenvalue weighted by Crippen LogP contribution is 2.29. The van der Waals surface area contributed by atoms with Crippen LogP contribution in [0.5, 0.6) is 5.75 Å². The monoisotopic (exact) mass is 261 g/mol. The van der Waals surface area contributed by atoms with Gasteiger partial charge >= 0.3 is 0 Å². The fraction of sp³-hybridized carbons (Fsp3) is 0.647. The summed E-state index contributed by atoms with van der Waals surface area (Å²) in [7, 11) is 0. The van der Waals surface area contributed by atoms with E-state index in [0.717, 1.165) is 24.7 Å². The molecule has 0 heterocycles. The van der Waals surface area contributed by atoms with Gasteiger partial charge in [-0.1, -0.05) is 25.5 Å². The van der Waals surface area contributed by atoms with Gasteiger partial charge < -0.3 is 10.4 Å². The van der Waals surface area contributed by atoms with Gasteiger partial charge in [0.25, 0.3) is 0 Å². The first-order valence-electron chi connectivity index (χ1n) is 7.64. The summed E-state index contributed by atoms with van der Waals surface area (Å²) in [5.74, 6) is 2.18. The molecule has 2 N–H and O–H groups in total. The zero-order chi connectivity index (χ0) is 13.7. The lowest BCUT2D eigenvalue weighted by Gasteiger charge is -2.17. The topological polar surface area (TPSA) is 32.3 Å². The van der Waals surface area contributed by atoms with E-state index in [0.29, 0.717) is 11.8 Å². The van der Waals surface area contributed by atoms with Crippen LogP contribution in [0.2, 0.25) is 0 Å². The molecule has 0 amide bonds. The molecule has 2 rings (SSSR count). The molecular weight excluding hydrogens is 234 g/mol. The molecule has 0 radical (unpaired) electrons. The van der Waals surface area contributed by atoms with Crippen molar-refractivity contribution in [2.45, 2.75) is 52.0 Å². The van der Waals surface area contributed by atoms with Crippen LogP contribution in [0.25, 0.3) is 0 Å². The van der Waals surface area contributed by atoms with E-state index in [1.54, 1.807) is 12.1 Å². The Balaban J connectivity index is 1.64. The van der Waals surface area contributed by atoms with Gasteiger partial charge in [0.05, 0.1) is 0 Å². The average molecular weight is 261 g/mol. The molecule has 0 saturated heterocycles. The maximum absolute atomic E-state index is 9.25. The highest BCUT2D eigenvalue weighted by atomic mass is 16.3. The van der Waals surface area contributed by atoms with Crippen molar-refractivity contribution in [2.75, 3.05) is 6.54 Å². The number of aromatic hydroxyl groups is 1. The van der Waals surface area contributed by atoms with Gasteiger partial charge in [-0.15, -0.1) is 0 Å². The van der Waals surface area contributed by atoms with Gasteiger partial charge in [-0.05, 0) is 68.7 Å². The first kappa shape index (κ1) is 14.4. The van der Waals surface area contributed by atoms with Crippen molar-refractivity contribution in [1.29, 1.82) is 0 Å². The molecule has 2 heteroatoms. The summed E-state index contributed by atoms with van der Waals surface area (Å²) in [6.07, 6.45) is 6.45. The standard InChI is InChI=1S/C17H27NO/c1-13-3-5-16(11-13)12-18-14(2)4-6-15-7-9-17(19)10-8-15/h7-10,13-14,16,18-19H,3-6,11-12H2,1-2H3. The molecule has 19 heavy (non-hydrogen) atoms. The molecule has 1 aliphatic rings. The first-order chi connectivity index (χ1) is 9.13. The highest BCUT2D eigenvalue weighted by Gasteiger charge is 2.21. The van der Waals surface area contributed by atoms with E-state index >= 15 is 0 Å². The lowest BCUT2D eigenvalue weighted by atomic mass is 10.0. The van der Waals surface area contributed by atoms with Gasteiger partial charge in [0.15, 0.2) is 0 Å². The van der Waals surface area contributed by atoms with E-state index in [1.165, 1.54) is 31.4 Å². The first-order valence-corrected chi connectivity index (χ1v) is 7.64. The zero-order valence-electron chi connectivity index (χ0n) is 12.2. The Morgan fingerprint density at radius 2 is 2.00 bits per heavy atom. The average Bonchev–Trinajstić information content (AvgIpc) is 2.81. The van der Waals surface area contributed by atoms with Crippen molar-refractivity contribution < 1.29 is 5.11 Å². The number of benzene rings is 1. The number of aryl methyl sites for hydroxylation is 1. The molecule has 1 saturated carbocycles. The quantitative estimate of drug-likeness (QED) is 0.817. The van der Waals surface area contributed by atoms with E-state index in [1.807, 2.05) is 12.1 Å². The molecule has 3 atom stereocenters. The van der Waals surface area contributed by atoms with Crippen LogP contribution in [0.4, 0.5) is 0 Å². The van der Waals surface area contributed by atoms with Crippen LogP contribution >= 0.6 is 0 Å². The van der Waals surface area contributed by atoms with E-state index in [9.17, 15) is 5.11 Å². The molecule has 1 aromatic carbocycles. The Hall–Kier alpha value is -1.02. The molecule has 0 aromatic heterocycles. The third kappa shape index (κ3) is 4.87. The minimum atomic E-state index is 0.352. The summed E-state index contributed by atoms with van der Waals surface area (Å²) >= 11 is 0. The van der Waals surface area contributed by atoms with Crippen LogP contribution in [0.15, 0.2) is 24.3 Å². The van der Waals surface area contributed by atoms with Crippen LogP contribution in [0.1, 0.15) is 45.1 Å². The summed E-state index contributed by atoms with van der Waals surface area (Å²) in [5.41, 5.74) is 1.31. The smallest absolute Gasteiger partial charge is 0.115 e. The molecule has 1 aromatic rings. The molecule has 0 spiro atoms. The van der Waals surface area contributed by atoms with Gasteiger partial charge in [0.2, 0.25) is 0 Å². The van der Waals surface area contributed by atoms with Gasteiger partial charge in [0, 0.05) is 6.04 Å². The van der Waals surface area contributed by atoms with Crippen molar-refractivity contribution in [1.82, 2.24) is 5.32 Å². The summed E-state index contributed by atoms with van der Waals surface area (Å²) in [4.78, 5) is 0. The Morgan fingerprint density at radius 3 is 2.63 bits per heavy atom. The minimum Gasteiger partial charge on any atom is -0.508 e. The van der Waals surface area contributed by atoms with Gasteiger partial charge in [0.1, 0.15) is 5.75 Å². The zero-order valence-corrected chi connectivity index (χ0v) is 12.2. The molecule has 1 aliphatic carbocycles. The molecule has 2 nitrogen and oxygen atoms in total. The summed E-state index contributed by atoms with van der Waals surface area (Å²) < 4.78 is 0. The predicted octanol–water partition coefficient (Wildman–Crippen LogP) is 3.74. The Bertz CT molecular complexity index is 373. The predicted molar refractivity (Wildman–Crippen MR) is 80.4 cm³/mol. The lowest BCUT2D eigenvalue weighted by molar-refractivity contribution is 0.422. The third-order valence-electron chi connectivity index (χ3n) is 4.36. The van der Waals surface area contributed by atoms with Gasteiger partial charge in [-0.25, -0.2) is 0 Å². The van der Waals surface area contributed by atoms with E-state index < -0.39 is 0 Å². The van der Waals surface area contributed by atoms with E-state index in [-0.39, 0.29) is 0 Å². The third-order valence-corrected chi connectivity index (χ3v) is 4.36. The van der Waals surface area contributed by atoms with Crippen molar-refractivity contribution >= 4 is 0 Å². The Labute approximate surface area is 117 Å². The van der Waals surface area contributed by atoms with Crippen molar-refractivity contribution in [3.63, 3.8) is 0 Å². The van der Waals surface area contributed by atoms with E-state index in [2.05, 4.69) is 19.2 Å². The van der Waals surface area contributed by atoms with Crippen LogP contribution in [0.3, 0.4) is 0 Å². The maximum atomic E-state index is 9.25.